The number of nitrogens with zero attached hydrogens (tertiary/aromatic N) is 2. The molecule has 0 unspecified atom stereocenters. The van der Waals surface area contributed by atoms with E-state index >= 15 is 0 Å². The fourth-order valence-corrected chi connectivity index (χ4v) is 4.28. The number of halogens is 1. The van der Waals surface area contributed by atoms with E-state index in [0.717, 1.165) is 49.2 Å². The molecule has 0 N–H and O–H groups in total. The molecule has 1 saturated heterocycles. The monoisotopic (exact) mass is 412 g/mol. The Bertz CT molecular complexity index is 858. The Hall–Kier alpha value is -2.44. The van der Waals surface area contributed by atoms with E-state index in [-0.39, 0.29) is 30.5 Å². The van der Waals surface area contributed by atoms with Gasteiger partial charge < -0.3 is 14.4 Å². The molecule has 0 radical (unpaired) electrons. The molecule has 2 aromatic carbocycles. The second-order valence-corrected chi connectivity index (χ2v) is 8.16. The highest BCUT2D eigenvalue weighted by Gasteiger charge is 2.38. The van der Waals surface area contributed by atoms with Crippen LogP contribution < -0.4 is 4.74 Å². The topological polar surface area (TPSA) is 42.0 Å². The molecule has 0 saturated carbocycles. The van der Waals surface area contributed by atoms with E-state index < -0.39 is 0 Å². The second kappa shape index (κ2) is 9.58. The zero-order chi connectivity index (χ0) is 20.9. The van der Waals surface area contributed by atoms with Crippen LogP contribution in [0, 0.1) is 5.82 Å². The summed E-state index contributed by atoms with van der Waals surface area (Å²) in [4.78, 5) is 16.9. The minimum atomic E-state index is -0.229. The molecule has 0 spiro atoms. The lowest BCUT2D eigenvalue weighted by Gasteiger charge is -2.29. The predicted molar refractivity (Wildman–Crippen MR) is 113 cm³/mol. The van der Waals surface area contributed by atoms with Crippen molar-refractivity contribution in [3.05, 3.63) is 65.5 Å². The van der Waals surface area contributed by atoms with E-state index in [9.17, 15) is 9.18 Å². The number of carbonyl (C=O) groups excluding carboxylic acids is 1. The van der Waals surface area contributed by atoms with Crippen molar-refractivity contribution in [1.29, 1.82) is 0 Å². The number of hydrogen-bond donors (Lipinski definition) is 0. The largest absolute Gasteiger partial charge is 0.483 e. The fourth-order valence-electron chi connectivity index (χ4n) is 4.28. The molecule has 1 fully saturated rings. The maximum atomic E-state index is 13.2. The lowest BCUT2D eigenvalue weighted by molar-refractivity contribution is -0.136. The summed E-state index contributed by atoms with van der Waals surface area (Å²) in [5.41, 5.74) is 2.19. The Morgan fingerprint density at radius 3 is 2.70 bits per heavy atom. The molecule has 0 aliphatic carbocycles. The van der Waals surface area contributed by atoms with Crippen LogP contribution in [0.15, 0.2) is 48.5 Å². The number of aryl methyl sites for hydroxylation is 1. The maximum absolute atomic E-state index is 13.2. The summed E-state index contributed by atoms with van der Waals surface area (Å²) >= 11 is 0. The van der Waals surface area contributed by atoms with Gasteiger partial charge >= 0.3 is 0 Å². The third-order valence-corrected chi connectivity index (χ3v) is 6.02. The molecular weight excluding hydrogens is 383 g/mol. The Morgan fingerprint density at radius 2 is 1.87 bits per heavy atom. The van der Waals surface area contributed by atoms with E-state index in [2.05, 4.69) is 11.0 Å². The molecule has 2 atom stereocenters. The quantitative estimate of drug-likeness (QED) is 0.759. The normalized spacial score (nSPS) is 23.5. The van der Waals surface area contributed by atoms with Gasteiger partial charge in [-0.2, -0.15) is 0 Å². The third-order valence-electron chi connectivity index (χ3n) is 6.02. The van der Waals surface area contributed by atoms with Crippen molar-refractivity contribution in [2.24, 2.45) is 0 Å². The maximum Gasteiger partial charge on any atom is 0.260 e. The van der Waals surface area contributed by atoms with E-state index in [1.807, 2.05) is 37.4 Å². The van der Waals surface area contributed by atoms with Gasteiger partial charge in [0, 0.05) is 33.3 Å². The predicted octanol–water partition coefficient (Wildman–Crippen LogP) is 3.27. The summed E-state index contributed by atoms with van der Waals surface area (Å²) in [5, 5.41) is 0. The van der Waals surface area contributed by atoms with Gasteiger partial charge in [0.2, 0.25) is 0 Å². The SMILES string of the molecule is CN1C(=O)COc2ccccc2CCCCO[C@@H]2CN(Cc3ccc(F)cc3)C[C@@H]21. The Labute approximate surface area is 177 Å². The summed E-state index contributed by atoms with van der Waals surface area (Å²) in [6, 6.07) is 14.5. The van der Waals surface area contributed by atoms with Crippen LogP contribution in [0.4, 0.5) is 4.39 Å². The van der Waals surface area contributed by atoms with Crippen molar-refractivity contribution in [3.63, 3.8) is 0 Å². The van der Waals surface area contributed by atoms with Gasteiger partial charge in [-0.3, -0.25) is 9.69 Å². The van der Waals surface area contributed by atoms with Crippen molar-refractivity contribution in [2.45, 2.75) is 38.0 Å². The van der Waals surface area contributed by atoms with E-state index in [1.54, 1.807) is 4.90 Å². The Kier molecular flexibility index (Phi) is 6.65. The second-order valence-electron chi connectivity index (χ2n) is 8.16. The first kappa shape index (κ1) is 20.8. The number of likely N-dealkylation sites (tertiary alicyclic amines) is 1. The Balaban J connectivity index is 1.46. The van der Waals surface area contributed by atoms with Gasteiger partial charge in [0.1, 0.15) is 11.6 Å². The molecule has 6 heteroatoms. The molecule has 4 rings (SSSR count). The number of amides is 1. The molecule has 2 aromatic rings. The van der Waals surface area contributed by atoms with Crippen LogP contribution in [0.1, 0.15) is 24.0 Å². The molecule has 160 valence electrons. The number of hydrogen-bond acceptors (Lipinski definition) is 4. The fraction of sp³-hybridized carbons (Fsp3) is 0.458. The van der Waals surface area contributed by atoms with Gasteiger partial charge in [-0.15, -0.1) is 0 Å². The van der Waals surface area contributed by atoms with Crippen LogP contribution >= 0.6 is 0 Å². The molecule has 0 aromatic heterocycles. The van der Waals surface area contributed by atoms with Gasteiger partial charge in [0.15, 0.2) is 6.61 Å². The first-order chi connectivity index (χ1) is 14.6. The van der Waals surface area contributed by atoms with Crippen molar-refractivity contribution >= 4 is 5.91 Å². The molecule has 2 aliphatic rings. The third kappa shape index (κ3) is 4.99. The van der Waals surface area contributed by atoms with Crippen molar-refractivity contribution in [1.82, 2.24) is 9.80 Å². The van der Waals surface area contributed by atoms with Crippen molar-refractivity contribution < 1.29 is 18.7 Å². The standard InChI is InChI=1S/C24H29FN2O3/c1-26-21-15-27(14-18-9-11-20(25)12-10-18)16-23(21)29-13-5-4-7-19-6-2-3-8-22(19)30-17-24(26)28/h2-3,6,8-12,21,23H,4-5,7,13-17H2,1H3/t21-,23+/m0/s1. The molecule has 5 nitrogen and oxygen atoms in total. The zero-order valence-electron chi connectivity index (χ0n) is 17.4. The smallest absolute Gasteiger partial charge is 0.260 e. The minimum Gasteiger partial charge on any atom is -0.483 e. The molecule has 30 heavy (non-hydrogen) atoms. The summed E-state index contributed by atoms with van der Waals surface area (Å²) in [6.07, 6.45) is 2.85. The highest BCUT2D eigenvalue weighted by Crippen LogP contribution is 2.24. The van der Waals surface area contributed by atoms with E-state index in [4.69, 9.17) is 9.47 Å². The molecule has 2 aliphatic heterocycles. The van der Waals surface area contributed by atoms with Crippen LogP contribution in [0.2, 0.25) is 0 Å². The highest BCUT2D eigenvalue weighted by atomic mass is 19.1. The number of ether oxygens (including phenoxy) is 2. The number of benzene rings is 2. The lowest BCUT2D eigenvalue weighted by Crippen LogP contribution is -2.47. The average Bonchev–Trinajstić information content (AvgIpc) is 3.15. The van der Waals surface area contributed by atoms with Crippen LogP contribution in [0.25, 0.3) is 0 Å². The van der Waals surface area contributed by atoms with Gasteiger partial charge in [-0.25, -0.2) is 4.39 Å². The number of fused-ring (bicyclic) bond motifs is 2. The molecule has 1 amide bonds. The highest BCUT2D eigenvalue weighted by molar-refractivity contribution is 5.78. The number of rotatable bonds is 2. The number of carbonyl (C=O) groups is 1. The lowest BCUT2D eigenvalue weighted by atomic mass is 10.1. The Morgan fingerprint density at radius 1 is 1.07 bits per heavy atom. The van der Waals surface area contributed by atoms with Crippen LogP contribution in [-0.2, 0) is 22.5 Å². The average molecular weight is 413 g/mol. The molecule has 0 bridgehead atoms. The number of para-hydroxylation sites is 1. The molecule has 2 heterocycles. The van der Waals surface area contributed by atoms with E-state index in [1.165, 1.54) is 12.1 Å². The van der Waals surface area contributed by atoms with E-state index in [0.29, 0.717) is 13.2 Å². The minimum absolute atomic E-state index is 0.0225. The van der Waals surface area contributed by atoms with Crippen LogP contribution in [-0.4, -0.2) is 61.2 Å². The van der Waals surface area contributed by atoms with Crippen molar-refractivity contribution in [3.8, 4) is 5.75 Å². The first-order valence-corrected chi connectivity index (χ1v) is 10.6. The van der Waals surface area contributed by atoms with Crippen molar-refractivity contribution in [2.75, 3.05) is 33.4 Å². The van der Waals surface area contributed by atoms with Gasteiger partial charge in [0.05, 0.1) is 12.1 Å². The van der Waals surface area contributed by atoms with Gasteiger partial charge in [-0.05, 0) is 48.6 Å². The van der Waals surface area contributed by atoms with Gasteiger partial charge in [0.25, 0.3) is 5.91 Å². The van der Waals surface area contributed by atoms with Crippen LogP contribution in [0.3, 0.4) is 0 Å². The summed E-state index contributed by atoms with van der Waals surface area (Å²) in [5.74, 6) is 0.513. The summed E-state index contributed by atoms with van der Waals surface area (Å²) < 4.78 is 25.3. The van der Waals surface area contributed by atoms with Crippen LogP contribution in [0.5, 0.6) is 5.75 Å². The zero-order valence-corrected chi connectivity index (χ0v) is 17.4. The first-order valence-electron chi connectivity index (χ1n) is 10.6. The van der Waals surface area contributed by atoms with Gasteiger partial charge in [-0.1, -0.05) is 30.3 Å². The summed E-state index contributed by atoms with van der Waals surface area (Å²) in [6.45, 7) is 2.88. The number of likely N-dealkylation sites (N-methyl/N-ethyl adjacent to an activating group) is 1. The molecular formula is C24H29FN2O3. The summed E-state index contributed by atoms with van der Waals surface area (Å²) in [7, 11) is 1.83.